The van der Waals surface area contributed by atoms with Crippen LogP contribution in [0.25, 0.3) is 16.9 Å². The van der Waals surface area contributed by atoms with Crippen LogP contribution in [-0.2, 0) is 0 Å². The number of pyridine rings is 2. The predicted molar refractivity (Wildman–Crippen MR) is 105 cm³/mol. The van der Waals surface area contributed by atoms with Gasteiger partial charge in [0.05, 0.1) is 27.9 Å². The third-order valence-electron chi connectivity index (χ3n) is 5.20. The second-order valence-electron chi connectivity index (χ2n) is 6.91. The Labute approximate surface area is 169 Å². The van der Waals surface area contributed by atoms with Gasteiger partial charge in [0, 0.05) is 18.5 Å². The van der Waals surface area contributed by atoms with Crippen molar-refractivity contribution in [3.05, 3.63) is 65.6 Å². The van der Waals surface area contributed by atoms with E-state index < -0.39 is 11.8 Å². The van der Waals surface area contributed by atoms with Crippen LogP contribution in [0.1, 0.15) is 26.4 Å². The first-order valence-electron chi connectivity index (χ1n) is 9.21. The smallest absolute Gasteiger partial charge is 0.267 e. The van der Waals surface area contributed by atoms with E-state index in [0.29, 0.717) is 45.3 Å². The number of ether oxygens (including phenoxy) is 2. The number of amides is 2. The Kier molecular flexibility index (Phi) is 3.26. The van der Waals surface area contributed by atoms with Gasteiger partial charge in [0.1, 0.15) is 0 Å². The zero-order valence-corrected chi connectivity index (χ0v) is 15.7. The number of imide groups is 1. The third kappa shape index (κ3) is 2.14. The van der Waals surface area contributed by atoms with Crippen LogP contribution >= 0.6 is 0 Å². The highest BCUT2D eigenvalue weighted by atomic mass is 16.7. The minimum atomic E-state index is -0.437. The zero-order chi connectivity index (χ0) is 20.4. The molecule has 6 rings (SSSR count). The molecule has 0 saturated heterocycles. The molecule has 146 valence electrons. The number of fused-ring (bicyclic) bond motifs is 4. The molecule has 0 bridgehead atoms. The average molecular weight is 399 g/mol. The van der Waals surface area contributed by atoms with Crippen LogP contribution in [0.3, 0.4) is 0 Å². The van der Waals surface area contributed by atoms with Crippen molar-refractivity contribution in [2.24, 2.45) is 0 Å². The fraction of sp³-hybridized carbons (Fsp3) is 0.0952. The van der Waals surface area contributed by atoms with Crippen molar-refractivity contribution in [1.29, 1.82) is 0 Å². The minimum absolute atomic E-state index is 0.108. The molecule has 2 amide bonds. The number of carbonyl (C=O) groups excluding carboxylic acids is 2. The maximum atomic E-state index is 13.4. The van der Waals surface area contributed by atoms with Crippen LogP contribution in [0.2, 0.25) is 0 Å². The number of hydrogen-bond acceptors (Lipinski definition) is 7. The molecule has 30 heavy (non-hydrogen) atoms. The minimum Gasteiger partial charge on any atom is -0.454 e. The number of hydrogen-bond donors (Lipinski definition) is 0. The van der Waals surface area contributed by atoms with Crippen molar-refractivity contribution >= 4 is 28.5 Å². The third-order valence-corrected chi connectivity index (χ3v) is 5.20. The Bertz CT molecular complexity index is 1380. The number of aryl methyl sites for hydroxylation is 1. The first kappa shape index (κ1) is 16.7. The molecule has 0 unspecified atom stereocenters. The Morgan fingerprint density at radius 3 is 2.70 bits per heavy atom. The topological polar surface area (TPSA) is 99.4 Å². The summed E-state index contributed by atoms with van der Waals surface area (Å²) < 4.78 is 12.3. The Balaban J connectivity index is 1.53. The molecular weight excluding hydrogens is 386 g/mol. The Hall–Kier alpha value is -4.27. The van der Waals surface area contributed by atoms with Gasteiger partial charge >= 0.3 is 0 Å². The zero-order valence-electron chi connectivity index (χ0n) is 15.7. The number of benzene rings is 1. The lowest BCUT2D eigenvalue weighted by Crippen LogP contribution is -2.29. The van der Waals surface area contributed by atoms with Crippen molar-refractivity contribution in [3.8, 4) is 17.3 Å². The summed E-state index contributed by atoms with van der Waals surface area (Å²) in [4.78, 5) is 36.3. The monoisotopic (exact) mass is 399 g/mol. The maximum absolute atomic E-state index is 13.4. The van der Waals surface area contributed by atoms with Crippen molar-refractivity contribution in [2.45, 2.75) is 6.92 Å². The molecular formula is C21H13N5O4. The van der Waals surface area contributed by atoms with Crippen molar-refractivity contribution in [1.82, 2.24) is 19.7 Å². The first-order valence-corrected chi connectivity index (χ1v) is 9.21. The Morgan fingerprint density at radius 1 is 1.00 bits per heavy atom. The van der Waals surface area contributed by atoms with E-state index in [1.165, 1.54) is 6.20 Å². The fourth-order valence-corrected chi connectivity index (χ4v) is 3.86. The number of anilines is 1. The molecule has 0 spiro atoms. The lowest BCUT2D eigenvalue weighted by atomic mass is 10.1. The normalized spacial score (nSPS) is 14.6. The summed E-state index contributed by atoms with van der Waals surface area (Å²) in [5.41, 5.74) is 2.01. The Morgan fingerprint density at radius 2 is 1.87 bits per heavy atom. The van der Waals surface area contributed by atoms with Gasteiger partial charge in [-0.3, -0.25) is 9.59 Å². The van der Waals surface area contributed by atoms with Crippen LogP contribution in [-0.4, -0.2) is 38.4 Å². The molecule has 0 saturated carbocycles. The summed E-state index contributed by atoms with van der Waals surface area (Å²) in [5.74, 6) is 0.781. The number of carbonyl (C=O) groups is 2. The molecule has 0 N–H and O–H groups in total. The maximum Gasteiger partial charge on any atom is 0.267 e. The largest absolute Gasteiger partial charge is 0.454 e. The van der Waals surface area contributed by atoms with Gasteiger partial charge in [-0.05, 0) is 31.2 Å². The van der Waals surface area contributed by atoms with Crippen LogP contribution in [0.5, 0.6) is 11.5 Å². The van der Waals surface area contributed by atoms with E-state index in [1.54, 1.807) is 48.1 Å². The van der Waals surface area contributed by atoms with Crippen LogP contribution < -0.4 is 14.4 Å². The predicted octanol–water partition coefficient (Wildman–Crippen LogP) is 2.65. The van der Waals surface area contributed by atoms with E-state index in [1.807, 2.05) is 6.07 Å². The van der Waals surface area contributed by atoms with E-state index in [2.05, 4.69) is 15.1 Å². The molecule has 0 fully saturated rings. The molecule has 5 heterocycles. The standard InChI is InChI=1S/C21H13N5O4/c1-11-17-18-13(9-23-19(17)26(24-11)16-4-2-3-7-22-16)20(27)25(21(18)28)12-5-6-14-15(8-12)30-10-29-14/h2-9H,10H2,1H3. The summed E-state index contributed by atoms with van der Waals surface area (Å²) in [5, 5.41) is 5.06. The molecule has 9 heteroatoms. The van der Waals surface area contributed by atoms with E-state index in [-0.39, 0.29) is 12.4 Å². The van der Waals surface area contributed by atoms with Crippen molar-refractivity contribution in [2.75, 3.05) is 11.7 Å². The lowest BCUT2D eigenvalue weighted by molar-refractivity contribution is 0.0926. The van der Waals surface area contributed by atoms with Gasteiger partial charge in [-0.25, -0.2) is 14.9 Å². The molecule has 2 aliphatic heterocycles. The van der Waals surface area contributed by atoms with E-state index in [4.69, 9.17) is 9.47 Å². The van der Waals surface area contributed by atoms with Crippen LogP contribution in [0.4, 0.5) is 5.69 Å². The second-order valence-corrected chi connectivity index (χ2v) is 6.91. The highest BCUT2D eigenvalue weighted by molar-refractivity contribution is 6.37. The van der Waals surface area contributed by atoms with Gasteiger partial charge in [-0.1, -0.05) is 6.07 Å². The van der Waals surface area contributed by atoms with Gasteiger partial charge in [-0.2, -0.15) is 9.78 Å². The van der Waals surface area contributed by atoms with Gasteiger partial charge in [-0.15, -0.1) is 0 Å². The van der Waals surface area contributed by atoms with Gasteiger partial charge in [0.25, 0.3) is 11.8 Å². The average Bonchev–Trinajstić information content (AvgIpc) is 3.43. The van der Waals surface area contributed by atoms with E-state index in [0.717, 1.165) is 4.90 Å². The fourth-order valence-electron chi connectivity index (χ4n) is 3.86. The molecule has 0 aliphatic carbocycles. The second kappa shape index (κ2) is 5.86. The molecule has 2 aliphatic rings. The molecule has 9 nitrogen and oxygen atoms in total. The van der Waals surface area contributed by atoms with Gasteiger partial charge in [0.2, 0.25) is 6.79 Å². The molecule has 3 aromatic heterocycles. The number of rotatable bonds is 2. The molecule has 4 aromatic rings. The SMILES string of the molecule is Cc1nn(-c2ccccn2)c2ncc3c(c12)C(=O)N(c1ccc2c(c1)OCO2)C3=O. The summed E-state index contributed by atoms with van der Waals surface area (Å²) in [6.07, 6.45) is 3.08. The van der Waals surface area contributed by atoms with Gasteiger partial charge < -0.3 is 9.47 Å². The van der Waals surface area contributed by atoms with Crippen molar-refractivity contribution < 1.29 is 19.1 Å². The van der Waals surface area contributed by atoms with E-state index >= 15 is 0 Å². The highest BCUT2D eigenvalue weighted by Crippen LogP contribution is 2.39. The summed E-state index contributed by atoms with van der Waals surface area (Å²) in [6, 6.07) is 10.4. The number of nitrogens with zero attached hydrogens (tertiary/aromatic N) is 5. The summed E-state index contributed by atoms with van der Waals surface area (Å²) in [6.45, 7) is 1.89. The summed E-state index contributed by atoms with van der Waals surface area (Å²) >= 11 is 0. The van der Waals surface area contributed by atoms with Crippen LogP contribution in [0, 0.1) is 6.92 Å². The number of aromatic nitrogens is 4. The van der Waals surface area contributed by atoms with Gasteiger partial charge in [0.15, 0.2) is 23.0 Å². The quantitative estimate of drug-likeness (QED) is 0.478. The highest BCUT2D eigenvalue weighted by Gasteiger charge is 2.40. The van der Waals surface area contributed by atoms with Crippen LogP contribution in [0.15, 0.2) is 48.8 Å². The van der Waals surface area contributed by atoms with Crippen molar-refractivity contribution in [3.63, 3.8) is 0 Å². The van der Waals surface area contributed by atoms with E-state index in [9.17, 15) is 9.59 Å². The summed E-state index contributed by atoms with van der Waals surface area (Å²) in [7, 11) is 0. The lowest BCUT2D eigenvalue weighted by Gasteiger charge is -2.14. The first-order chi connectivity index (χ1) is 14.6. The molecule has 0 atom stereocenters. The molecule has 0 radical (unpaired) electrons. The molecule has 1 aromatic carbocycles.